The molecule has 0 aliphatic carbocycles. The first-order valence-corrected chi connectivity index (χ1v) is 17.2. The summed E-state index contributed by atoms with van der Waals surface area (Å²) in [7, 11) is 0. The van der Waals surface area contributed by atoms with Crippen LogP contribution in [0.5, 0.6) is 0 Å². The molecule has 0 amide bonds. The Labute approximate surface area is 281 Å². The van der Waals surface area contributed by atoms with Crippen molar-refractivity contribution in [1.82, 2.24) is 0 Å². The van der Waals surface area contributed by atoms with E-state index in [-0.39, 0.29) is 33.7 Å². The quantitative estimate of drug-likeness (QED) is 0.195. The van der Waals surface area contributed by atoms with Crippen LogP contribution in [0.4, 0.5) is 11.4 Å². The van der Waals surface area contributed by atoms with Crippen molar-refractivity contribution in [3.05, 3.63) is 130 Å². The Balaban J connectivity index is 1.86. The SMILES string of the molecule is CC(C)(C)c1cc(NC(Cc2ccccc2)C(Cc2ccccc2)Nc2cc(C(C)(C)C)cc(C(C)(C)C)c2)cc(C(C)(C)C)c1. The van der Waals surface area contributed by atoms with E-state index >= 15 is 0 Å². The summed E-state index contributed by atoms with van der Waals surface area (Å²) in [6.45, 7) is 27.8. The summed E-state index contributed by atoms with van der Waals surface area (Å²) in [5.74, 6) is 0. The van der Waals surface area contributed by atoms with Crippen molar-refractivity contribution in [2.24, 2.45) is 0 Å². The molecule has 4 rings (SSSR count). The van der Waals surface area contributed by atoms with Crippen molar-refractivity contribution in [1.29, 1.82) is 0 Å². The minimum atomic E-state index is 0.0467. The van der Waals surface area contributed by atoms with Crippen molar-refractivity contribution < 1.29 is 0 Å². The van der Waals surface area contributed by atoms with Gasteiger partial charge in [-0.25, -0.2) is 0 Å². The highest BCUT2D eigenvalue weighted by Crippen LogP contribution is 2.35. The Kier molecular flexibility index (Phi) is 10.5. The summed E-state index contributed by atoms with van der Waals surface area (Å²) in [6, 6.07) is 36.5. The van der Waals surface area contributed by atoms with Gasteiger partial charge in [0.1, 0.15) is 0 Å². The number of anilines is 2. The Morgan fingerprint density at radius 2 is 0.652 bits per heavy atom. The second-order valence-electron chi connectivity index (χ2n) is 17.5. The van der Waals surface area contributed by atoms with E-state index in [0.29, 0.717) is 0 Å². The smallest absolute Gasteiger partial charge is 0.0506 e. The molecule has 4 aromatic rings. The molecule has 0 fully saturated rings. The van der Waals surface area contributed by atoms with Gasteiger partial charge in [0.25, 0.3) is 0 Å². The highest BCUT2D eigenvalue weighted by molar-refractivity contribution is 5.56. The maximum Gasteiger partial charge on any atom is 0.0506 e. The molecule has 0 spiro atoms. The number of hydrogen-bond donors (Lipinski definition) is 2. The number of benzene rings is 4. The zero-order valence-electron chi connectivity index (χ0n) is 30.8. The molecule has 0 radical (unpaired) electrons. The molecule has 246 valence electrons. The predicted molar refractivity (Wildman–Crippen MR) is 203 cm³/mol. The van der Waals surface area contributed by atoms with E-state index in [4.69, 9.17) is 0 Å². The van der Waals surface area contributed by atoms with Crippen LogP contribution in [0, 0.1) is 0 Å². The molecular weight excluding hydrogens is 556 g/mol. The molecule has 0 saturated heterocycles. The lowest BCUT2D eigenvalue weighted by Gasteiger charge is -2.34. The van der Waals surface area contributed by atoms with Gasteiger partial charge in [-0.05, 0) is 92.1 Å². The molecular formula is C44H60N2. The molecule has 0 bridgehead atoms. The summed E-state index contributed by atoms with van der Waals surface area (Å²) in [5, 5.41) is 8.24. The molecule has 2 heteroatoms. The summed E-state index contributed by atoms with van der Waals surface area (Å²) < 4.78 is 0. The highest BCUT2D eigenvalue weighted by atomic mass is 15.0. The van der Waals surface area contributed by atoms with Crippen molar-refractivity contribution in [2.75, 3.05) is 10.6 Å². The normalized spacial score (nSPS) is 14.1. The fourth-order valence-corrected chi connectivity index (χ4v) is 5.91. The first-order valence-electron chi connectivity index (χ1n) is 17.2. The van der Waals surface area contributed by atoms with Crippen LogP contribution in [0.25, 0.3) is 0 Å². The van der Waals surface area contributed by atoms with E-state index in [2.05, 4.69) is 191 Å². The lowest BCUT2D eigenvalue weighted by atomic mass is 9.80. The average Bonchev–Trinajstić information content (AvgIpc) is 2.95. The predicted octanol–water partition coefficient (Wildman–Crippen LogP) is 11.6. The van der Waals surface area contributed by atoms with Crippen LogP contribution in [-0.4, -0.2) is 12.1 Å². The molecule has 0 aromatic heterocycles. The van der Waals surface area contributed by atoms with Crippen LogP contribution in [0.3, 0.4) is 0 Å². The molecule has 46 heavy (non-hydrogen) atoms. The first kappa shape index (κ1) is 35.3. The van der Waals surface area contributed by atoms with E-state index in [1.807, 2.05) is 0 Å². The maximum atomic E-state index is 4.12. The molecule has 2 unspecified atom stereocenters. The summed E-state index contributed by atoms with van der Waals surface area (Å²) in [5.41, 5.74) is 10.7. The molecule has 0 aliphatic rings. The number of nitrogens with one attached hydrogen (secondary N) is 2. The number of hydrogen-bond acceptors (Lipinski definition) is 2. The van der Waals surface area contributed by atoms with E-state index in [9.17, 15) is 0 Å². The Morgan fingerprint density at radius 3 is 0.891 bits per heavy atom. The molecule has 2 nitrogen and oxygen atoms in total. The van der Waals surface area contributed by atoms with Crippen molar-refractivity contribution >= 4 is 11.4 Å². The topological polar surface area (TPSA) is 24.1 Å². The molecule has 0 saturated carbocycles. The first-order chi connectivity index (χ1) is 21.3. The highest BCUT2D eigenvalue weighted by Gasteiger charge is 2.27. The van der Waals surface area contributed by atoms with Gasteiger partial charge in [-0.2, -0.15) is 0 Å². The van der Waals surface area contributed by atoms with Crippen LogP contribution < -0.4 is 10.6 Å². The monoisotopic (exact) mass is 616 g/mol. The minimum Gasteiger partial charge on any atom is -0.380 e. The Bertz CT molecular complexity index is 1370. The second kappa shape index (κ2) is 13.7. The van der Waals surface area contributed by atoms with Crippen LogP contribution in [0.15, 0.2) is 97.1 Å². The fourth-order valence-electron chi connectivity index (χ4n) is 5.91. The van der Waals surface area contributed by atoms with Gasteiger partial charge in [0, 0.05) is 11.4 Å². The van der Waals surface area contributed by atoms with Gasteiger partial charge in [-0.1, -0.05) is 156 Å². The van der Waals surface area contributed by atoms with Crippen LogP contribution in [0.2, 0.25) is 0 Å². The molecule has 4 aromatic carbocycles. The third-order valence-electron chi connectivity index (χ3n) is 9.12. The van der Waals surface area contributed by atoms with E-state index in [0.717, 1.165) is 12.8 Å². The van der Waals surface area contributed by atoms with E-state index in [1.165, 1.54) is 44.8 Å². The average molecular weight is 617 g/mol. The molecule has 0 aliphatic heterocycles. The van der Waals surface area contributed by atoms with Crippen molar-refractivity contribution in [2.45, 2.75) is 130 Å². The molecule has 0 heterocycles. The Morgan fingerprint density at radius 1 is 0.391 bits per heavy atom. The van der Waals surface area contributed by atoms with E-state index in [1.54, 1.807) is 0 Å². The summed E-state index contributed by atoms with van der Waals surface area (Å²) in [4.78, 5) is 0. The molecule has 2 atom stereocenters. The van der Waals surface area contributed by atoms with Gasteiger partial charge in [-0.3, -0.25) is 0 Å². The van der Waals surface area contributed by atoms with Gasteiger partial charge in [0.15, 0.2) is 0 Å². The lowest BCUT2D eigenvalue weighted by molar-refractivity contribution is 0.561. The van der Waals surface area contributed by atoms with Gasteiger partial charge in [-0.15, -0.1) is 0 Å². The van der Waals surface area contributed by atoms with E-state index < -0.39 is 0 Å². The van der Waals surface area contributed by atoms with Crippen LogP contribution in [-0.2, 0) is 34.5 Å². The second-order valence-corrected chi connectivity index (χ2v) is 17.5. The van der Waals surface area contributed by atoms with Crippen molar-refractivity contribution in [3.8, 4) is 0 Å². The standard InChI is InChI=1S/C44H60N2/c1-41(2,3)33-25-34(42(4,5)6)28-37(27-33)45-39(23-31-19-15-13-16-20-31)40(24-32-21-17-14-18-22-32)46-38-29-35(43(7,8)9)26-36(30-38)44(10,11)12/h13-22,25-30,39-40,45-46H,23-24H2,1-12H3. The fraction of sp³-hybridized carbons (Fsp3) is 0.455. The van der Waals surface area contributed by atoms with Crippen LogP contribution in [0.1, 0.15) is 116 Å². The maximum absolute atomic E-state index is 4.12. The Hall–Kier alpha value is -3.52. The summed E-state index contributed by atoms with van der Waals surface area (Å²) >= 11 is 0. The number of rotatable bonds is 9. The van der Waals surface area contributed by atoms with Crippen molar-refractivity contribution in [3.63, 3.8) is 0 Å². The largest absolute Gasteiger partial charge is 0.380 e. The van der Waals surface area contributed by atoms with Gasteiger partial charge < -0.3 is 10.6 Å². The third kappa shape index (κ3) is 9.74. The zero-order chi connectivity index (χ0) is 33.9. The van der Waals surface area contributed by atoms with Gasteiger partial charge >= 0.3 is 0 Å². The van der Waals surface area contributed by atoms with Gasteiger partial charge in [0.2, 0.25) is 0 Å². The minimum absolute atomic E-state index is 0.0467. The summed E-state index contributed by atoms with van der Waals surface area (Å²) in [6.07, 6.45) is 1.81. The zero-order valence-corrected chi connectivity index (χ0v) is 30.8. The third-order valence-corrected chi connectivity index (χ3v) is 9.12. The molecule has 2 N–H and O–H groups in total. The van der Waals surface area contributed by atoms with Gasteiger partial charge in [0.05, 0.1) is 12.1 Å². The van der Waals surface area contributed by atoms with Crippen LogP contribution >= 0.6 is 0 Å². The lowest BCUT2D eigenvalue weighted by Crippen LogP contribution is -2.42.